The van der Waals surface area contributed by atoms with E-state index < -0.39 is 44.0 Å². The number of carbonyl (C=O) groups is 4. The van der Waals surface area contributed by atoms with Gasteiger partial charge in [-0.05, 0) is 122 Å². The zero-order valence-corrected chi connectivity index (χ0v) is 47.0. The molecular weight excluding hydrogens is 1010 g/mol. The molecule has 4 saturated heterocycles. The summed E-state index contributed by atoms with van der Waals surface area (Å²) in [5.74, 6) is -0.568. The maximum atomic E-state index is 17.0. The first-order valence-corrected chi connectivity index (χ1v) is 31.3. The fourth-order valence-corrected chi connectivity index (χ4v) is 13.9. The van der Waals surface area contributed by atoms with Crippen molar-refractivity contribution in [2.24, 2.45) is 11.8 Å². The number of nitrogens with one attached hydrogen (secondary N) is 4. The Labute approximate surface area is 455 Å². The van der Waals surface area contributed by atoms with E-state index in [1.165, 1.54) is 30.0 Å². The Hall–Kier alpha value is -7.02. The zero-order chi connectivity index (χ0) is 55.3. The van der Waals surface area contributed by atoms with Crippen LogP contribution in [0.5, 0.6) is 0 Å². The van der Waals surface area contributed by atoms with Crippen molar-refractivity contribution in [2.75, 3.05) is 43.1 Å². The second-order valence-corrected chi connectivity index (χ2v) is 28.7. The van der Waals surface area contributed by atoms with E-state index in [-0.39, 0.29) is 53.5 Å². The Kier molecular flexibility index (Phi) is 15.3. The fraction of sp³-hybridized carbons (Fsp3) is 0.492. The number of rotatable bonds is 14. The van der Waals surface area contributed by atoms with E-state index in [1.54, 1.807) is 9.80 Å². The summed E-state index contributed by atoms with van der Waals surface area (Å²) in [5, 5.41) is 16.1. The number of aromatic amines is 2. The summed E-state index contributed by atoms with van der Waals surface area (Å²) in [4.78, 5) is 76.3. The Morgan fingerprint density at radius 2 is 1.17 bits per heavy atom. The molecule has 10 rings (SSSR count). The highest BCUT2D eigenvalue weighted by Crippen LogP contribution is 2.49. The largest absolute Gasteiger partial charge is 0.465 e. The first-order chi connectivity index (χ1) is 37.3. The second kappa shape index (κ2) is 22.0. The van der Waals surface area contributed by atoms with Gasteiger partial charge in [0.05, 0.1) is 61.4 Å². The number of benzene rings is 4. The quantitative estimate of drug-likeness (QED) is 0.0656. The van der Waals surface area contributed by atoms with Crippen LogP contribution in [0, 0.1) is 23.5 Å². The normalized spacial score (nSPS) is 21.1. The number of halogens is 2. The van der Waals surface area contributed by atoms with Gasteiger partial charge >= 0.3 is 12.2 Å². The van der Waals surface area contributed by atoms with Gasteiger partial charge in [-0.3, -0.25) is 9.59 Å². The molecule has 0 spiro atoms. The highest BCUT2D eigenvalue weighted by molar-refractivity contribution is 6.88. The number of likely N-dealkylation sites (tertiary alicyclic amines) is 2. The summed E-state index contributed by atoms with van der Waals surface area (Å²) in [6.45, 7) is 16.5. The maximum Gasteiger partial charge on any atom is 0.407 e. The molecule has 16 nitrogen and oxygen atoms in total. The van der Waals surface area contributed by atoms with E-state index in [0.29, 0.717) is 80.6 Å². The maximum absolute atomic E-state index is 17.0. The molecule has 4 aliphatic rings. The molecule has 19 heteroatoms. The number of alkyl carbamates (subject to hydrolysis) is 1. The lowest BCUT2D eigenvalue weighted by molar-refractivity contribution is -0.136. The molecule has 78 heavy (non-hydrogen) atoms. The van der Waals surface area contributed by atoms with Crippen LogP contribution in [0.2, 0.25) is 19.6 Å². The van der Waals surface area contributed by atoms with Gasteiger partial charge in [-0.25, -0.2) is 28.3 Å². The van der Waals surface area contributed by atoms with Crippen molar-refractivity contribution < 1.29 is 37.8 Å². The summed E-state index contributed by atoms with van der Waals surface area (Å²) >= 11 is 0. The lowest BCUT2D eigenvalue weighted by Crippen LogP contribution is -2.51. The van der Waals surface area contributed by atoms with Crippen LogP contribution < -0.4 is 25.6 Å². The molecule has 0 radical (unpaired) electrons. The van der Waals surface area contributed by atoms with Crippen molar-refractivity contribution in [3.05, 3.63) is 113 Å². The molecule has 6 atom stereocenters. The van der Waals surface area contributed by atoms with Gasteiger partial charge in [0.1, 0.15) is 29.4 Å². The molecular formula is C59H74F2N10O6Si. The van der Waals surface area contributed by atoms with E-state index in [2.05, 4.69) is 75.5 Å². The molecule has 4 aliphatic heterocycles. The number of methoxy groups -OCH3 is 1. The SMILES string of the molecule is COC(=O)N[C@H](C(=O)N1CCC[C@H]1c1nc2ccc([C@H]3CC[C@H](c4ccc5nc([C@@H]6CCCN6C(=O)[C@@H](NC(=O)O)C(C)C)[nH]c5c4)N3c3cc(F)c(N4CCC(c5cccc([Si](C)(C)C)c5)CC4)c(F)c3)cc2[nH]1)C(C)C. The monoisotopic (exact) mass is 1080 g/mol. The van der Waals surface area contributed by atoms with Crippen LogP contribution in [0.3, 0.4) is 0 Å². The Morgan fingerprint density at radius 3 is 1.64 bits per heavy atom. The highest BCUT2D eigenvalue weighted by Gasteiger charge is 2.41. The van der Waals surface area contributed by atoms with Gasteiger partial charge in [0, 0.05) is 31.9 Å². The van der Waals surface area contributed by atoms with E-state index in [1.807, 2.05) is 62.9 Å². The number of amides is 4. The summed E-state index contributed by atoms with van der Waals surface area (Å²) in [6.07, 6.45) is 3.86. The van der Waals surface area contributed by atoms with E-state index in [0.717, 1.165) is 53.4 Å². The third-order valence-corrected chi connectivity index (χ3v) is 18.9. The molecule has 0 aliphatic carbocycles. The van der Waals surface area contributed by atoms with Gasteiger partial charge in [-0.2, -0.15) is 0 Å². The number of aromatic nitrogens is 4. The first-order valence-electron chi connectivity index (χ1n) is 27.8. The molecule has 4 amide bonds. The molecule has 0 bridgehead atoms. The number of piperidine rings is 1. The minimum Gasteiger partial charge on any atom is -0.465 e. The van der Waals surface area contributed by atoms with Gasteiger partial charge < -0.3 is 50.0 Å². The summed E-state index contributed by atoms with van der Waals surface area (Å²) in [6, 6.07) is 20.9. The molecule has 0 saturated carbocycles. The molecule has 6 heterocycles. The Bertz CT molecular complexity index is 3200. The third kappa shape index (κ3) is 10.8. The number of hydrogen-bond acceptors (Lipinski definition) is 9. The van der Waals surface area contributed by atoms with Crippen LogP contribution >= 0.6 is 0 Å². The van der Waals surface area contributed by atoms with Crippen LogP contribution in [-0.4, -0.2) is 112 Å². The molecule has 4 fully saturated rings. The van der Waals surface area contributed by atoms with Crippen LogP contribution in [0.15, 0.2) is 72.8 Å². The van der Waals surface area contributed by atoms with Crippen LogP contribution in [-0.2, 0) is 14.3 Å². The molecule has 0 unspecified atom stereocenters. The van der Waals surface area contributed by atoms with Gasteiger partial charge in [-0.15, -0.1) is 0 Å². The van der Waals surface area contributed by atoms with E-state index in [9.17, 15) is 24.3 Å². The number of fused-ring (bicyclic) bond motifs is 2. The van der Waals surface area contributed by atoms with Gasteiger partial charge in [0.15, 0.2) is 11.6 Å². The summed E-state index contributed by atoms with van der Waals surface area (Å²) < 4.78 is 38.8. The standard InChI is InChI=1S/C59H74F2N10O6Si/c1-33(2)51(66-58(74)75)56(72)69-24-10-14-49(69)54-62-43-18-16-37(29-45(43)64-54)47-20-21-48(38-17-19-44-46(30-38)65-55(63-44)50-15-11-25-70(50)57(73)52(34(3)4)67-59(76)77-5)71(47)39-31-41(60)53(42(61)32-39)68-26-22-35(23-27-68)36-12-9-13-40(28-36)78(6,7)8/h9,12-13,16-19,28-35,47-52,66H,10-11,14-15,20-27H2,1-8H3,(H,62,64)(H,63,65)(H,67,76)(H,74,75)/t47-,48-,49+,50+,51+,52+/m1/s1. The predicted molar refractivity (Wildman–Crippen MR) is 301 cm³/mol. The van der Waals surface area contributed by atoms with E-state index >= 15 is 8.78 Å². The molecule has 2 aromatic heterocycles. The number of ether oxygens (including phenoxy) is 1. The van der Waals surface area contributed by atoms with Crippen molar-refractivity contribution in [2.45, 2.75) is 141 Å². The van der Waals surface area contributed by atoms with Crippen molar-refractivity contribution in [1.82, 2.24) is 40.4 Å². The molecule has 6 aromatic rings. The number of hydrogen-bond donors (Lipinski definition) is 5. The topological polar surface area (TPSA) is 192 Å². The molecule has 5 N–H and O–H groups in total. The highest BCUT2D eigenvalue weighted by atomic mass is 28.3. The zero-order valence-electron chi connectivity index (χ0n) is 46.0. The van der Waals surface area contributed by atoms with E-state index in [4.69, 9.17) is 14.7 Å². The number of carboxylic acid groups (broad SMARTS) is 1. The van der Waals surface area contributed by atoms with Crippen molar-refractivity contribution in [3.8, 4) is 0 Å². The lowest BCUT2D eigenvalue weighted by atomic mass is 9.89. The predicted octanol–water partition coefficient (Wildman–Crippen LogP) is 10.7. The number of nitrogens with zero attached hydrogens (tertiary/aromatic N) is 6. The molecule has 414 valence electrons. The van der Waals surface area contributed by atoms with Gasteiger partial charge in [0.2, 0.25) is 11.8 Å². The lowest BCUT2D eigenvalue weighted by Gasteiger charge is -2.36. The number of anilines is 2. The average Bonchev–Trinajstić information content (AvgIpc) is 4.37. The average molecular weight is 1090 g/mol. The minimum absolute atomic E-state index is 0.00344. The number of H-pyrrole nitrogens is 2. The number of carbonyl (C=O) groups excluding carboxylic acids is 3. The van der Waals surface area contributed by atoms with Crippen molar-refractivity contribution >= 4 is 70.7 Å². The van der Waals surface area contributed by atoms with Gasteiger partial charge in [-0.1, -0.05) is 88.9 Å². The van der Waals surface area contributed by atoms with Crippen molar-refractivity contribution in [1.29, 1.82) is 0 Å². The van der Waals surface area contributed by atoms with Gasteiger partial charge in [0.25, 0.3) is 0 Å². The Balaban J connectivity index is 0.964. The van der Waals surface area contributed by atoms with Crippen LogP contribution in [0.4, 0.5) is 29.7 Å². The smallest absolute Gasteiger partial charge is 0.407 e. The third-order valence-electron chi connectivity index (χ3n) is 16.8. The summed E-state index contributed by atoms with van der Waals surface area (Å²) in [7, 11) is -0.246. The van der Waals surface area contributed by atoms with Crippen LogP contribution in [0.25, 0.3) is 22.1 Å². The Morgan fingerprint density at radius 1 is 0.654 bits per heavy atom. The number of imidazole rings is 2. The van der Waals surface area contributed by atoms with Crippen LogP contribution in [0.1, 0.15) is 137 Å². The molecule has 4 aromatic carbocycles. The first kappa shape index (κ1) is 54.3. The summed E-state index contributed by atoms with van der Waals surface area (Å²) in [5.41, 5.74) is 6.52. The fourth-order valence-electron chi connectivity index (χ4n) is 12.7. The van der Waals surface area contributed by atoms with Crippen molar-refractivity contribution in [3.63, 3.8) is 0 Å². The second-order valence-electron chi connectivity index (χ2n) is 23.6. The minimum atomic E-state index is -1.52.